The van der Waals surface area contributed by atoms with Crippen molar-refractivity contribution in [1.82, 2.24) is 9.97 Å². The predicted octanol–water partition coefficient (Wildman–Crippen LogP) is 1.21. The summed E-state index contributed by atoms with van der Waals surface area (Å²) in [7, 11) is 0. The summed E-state index contributed by atoms with van der Waals surface area (Å²) in [4.78, 5) is 19.0. The highest BCUT2D eigenvalue weighted by molar-refractivity contribution is 5.95. The van der Waals surface area contributed by atoms with Crippen LogP contribution in [0.15, 0.2) is 18.6 Å². The first-order chi connectivity index (χ1) is 6.25. The molecule has 0 aliphatic rings. The summed E-state index contributed by atoms with van der Waals surface area (Å²) in [5.41, 5.74) is 0.373. The Bertz CT molecular complexity index is 328. The number of hydrogen-bond acceptors (Lipinski definition) is 4. The van der Waals surface area contributed by atoms with Gasteiger partial charge in [0.25, 0.3) is 0 Å². The minimum atomic E-state index is -0.292. The van der Waals surface area contributed by atoms with E-state index in [2.05, 4.69) is 9.97 Å². The summed E-state index contributed by atoms with van der Waals surface area (Å²) in [6.07, 6.45) is 3.06. The third-order valence-electron chi connectivity index (χ3n) is 1.68. The highest BCUT2D eigenvalue weighted by Crippen LogP contribution is 2.08. The van der Waals surface area contributed by atoms with E-state index in [9.17, 15) is 4.79 Å². The Morgan fingerprint density at radius 1 is 1.77 bits per heavy atom. The Labute approximate surface area is 76.2 Å². The second kappa shape index (κ2) is 4.31. The van der Waals surface area contributed by atoms with Crippen LogP contribution in [-0.4, -0.2) is 15.8 Å². The van der Waals surface area contributed by atoms with Gasteiger partial charge in [0.05, 0.1) is 6.07 Å². The van der Waals surface area contributed by atoms with E-state index in [0.29, 0.717) is 5.69 Å². The molecule has 0 N–H and O–H groups in total. The van der Waals surface area contributed by atoms with E-state index in [1.54, 1.807) is 13.0 Å². The Morgan fingerprint density at radius 3 is 3.08 bits per heavy atom. The monoisotopic (exact) mass is 175 g/mol. The Hall–Kier alpha value is -1.76. The molecule has 66 valence electrons. The molecule has 13 heavy (non-hydrogen) atoms. The average molecular weight is 175 g/mol. The van der Waals surface area contributed by atoms with Crippen molar-refractivity contribution in [2.75, 3.05) is 0 Å². The fourth-order valence-electron chi connectivity index (χ4n) is 0.919. The summed E-state index contributed by atoms with van der Waals surface area (Å²) in [6.45, 7) is 1.72. The van der Waals surface area contributed by atoms with Gasteiger partial charge in [0.2, 0.25) is 0 Å². The maximum atomic E-state index is 11.5. The van der Waals surface area contributed by atoms with E-state index in [1.165, 1.54) is 12.5 Å². The lowest BCUT2D eigenvalue weighted by Crippen LogP contribution is -2.12. The number of nitriles is 1. The third-order valence-corrected chi connectivity index (χ3v) is 1.68. The third kappa shape index (κ3) is 2.34. The van der Waals surface area contributed by atoms with Crippen molar-refractivity contribution < 1.29 is 4.79 Å². The number of Topliss-reactive ketones (excluding diaryl/α,β-unsaturated/α-hetero) is 1. The van der Waals surface area contributed by atoms with Gasteiger partial charge in [-0.1, -0.05) is 6.92 Å². The van der Waals surface area contributed by atoms with E-state index < -0.39 is 0 Å². The molecule has 1 unspecified atom stereocenters. The molecule has 0 spiro atoms. The zero-order chi connectivity index (χ0) is 9.68. The fourth-order valence-corrected chi connectivity index (χ4v) is 0.919. The molecule has 0 radical (unpaired) electrons. The Morgan fingerprint density at radius 2 is 2.54 bits per heavy atom. The van der Waals surface area contributed by atoms with Gasteiger partial charge >= 0.3 is 0 Å². The summed E-state index contributed by atoms with van der Waals surface area (Å²) in [5.74, 6) is -0.399. The van der Waals surface area contributed by atoms with Crippen LogP contribution in [0.4, 0.5) is 0 Å². The lowest BCUT2D eigenvalue weighted by atomic mass is 10.0. The minimum absolute atomic E-state index is 0.107. The SMILES string of the molecule is CC(CC#N)C(=O)c1ccncn1. The summed E-state index contributed by atoms with van der Waals surface area (Å²) < 4.78 is 0. The molecular weight excluding hydrogens is 166 g/mol. The number of ketones is 1. The molecule has 1 aromatic rings. The molecule has 0 saturated heterocycles. The first kappa shape index (κ1) is 9.33. The van der Waals surface area contributed by atoms with Crippen LogP contribution in [0, 0.1) is 17.2 Å². The first-order valence-corrected chi connectivity index (χ1v) is 3.93. The number of nitrogens with zero attached hydrogens (tertiary/aromatic N) is 3. The quantitative estimate of drug-likeness (QED) is 0.647. The molecule has 0 aliphatic carbocycles. The predicted molar refractivity (Wildman–Crippen MR) is 45.8 cm³/mol. The molecule has 0 aromatic carbocycles. The highest BCUT2D eigenvalue weighted by atomic mass is 16.1. The second-order valence-corrected chi connectivity index (χ2v) is 2.72. The van der Waals surface area contributed by atoms with E-state index in [4.69, 9.17) is 5.26 Å². The number of carbonyl (C=O) groups is 1. The van der Waals surface area contributed by atoms with Gasteiger partial charge in [-0.15, -0.1) is 0 Å². The smallest absolute Gasteiger partial charge is 0.185 e. The molecule has 4 heteroatoms. The van der Waals surface area contributed by atoms with Crippen molar-refractivity contribution in [3.05, 3.63) is 24.3 Å². The van der Waals surface area contributed by atoms with Gasteiger partial charge in [0, 0.05) is 18.5 Å². The van der Waals surface area contributed by atoms with E-state index in [-0.39, 0.29) is 18.1 Å². The second-order valence-electron chi connectivity index (χ2n) is 2.72. The topological polar surface area (TPSA) is 66.6 Å². The maximum Gasteiger partial charge on any atom is 0.185 e. The molecule has 0 fully saturated rings. The zero-order valence-electron chi connectivity index (χ0n) is 7.27. The number of rotatable bonds is 3. The maximum absolute atomic E-state index is 11.5. The molecule has 1 aromatic heterocycles. The largest absolute Gasteiger partial charge is 0.292 e. The lowest BCUT2D eigenvalue weighted by Gasteiger charge is -2.03. The molecule has 0 amide bonds. The van der Waals surface area contributed by atoms with E-state index >= 15 is 0 Å². The Kier molecular flexibility index (Phi) is 3.09. The van der Waals surface area contributed by atoms with Gasteiger partial charge in [0.15, 0.2) is 5.78 Å². The summed E-state index contributed by atoms with van der Waals surface area (Å²) >= 11 is 0. The van der Waals surface area contributed by atoms with Crippen molar-refractivity contribution in [3.8, 4) is 6.07 Å². The zero-order valence-corrected chi connectivity index (χ0v) is 7.27. The van der Waals surface area contributed by atoms with Crippen molar-refractivity contribution >= 4 is 5.78 Å². The molecule has 0 aliphatic heterocycles. The fraction of sp³-hybridized carbons (Fsp3) is 0.333. The molecule has 0 bridgehead atoms. The number of aromatic nitrogens is 2. The summed E-state index contributed by atoms with van der Waals surface area (Å²) in [6, 6.07) is 3.51. The highest BCUT2D eigenvalue weighted by Gasteiger charge is 2.15. The number of carbonyl (C=O) groups excluding carboxylic acids is 1. The molecular formula is C9H9N3O. The normalized spacial score (nSPS) is 11.7. The molecule has 0 saturated carbocycles. The van der Waals surface area contributed by atoms with Crippen LogP contribution in [0.2, 0.25) is 0 Å². The van der Waals surface area contributed by atoms with Crippen LogP contribution in [-0.2, 0) is 0 Å². The van der Waals surface area contributed by atoms with Crippen molar-refractivity contribution in [2.45, 2.75) is 13.3 Å². The van der Waals surface area contributed by atoms with Gasteiger partial charge in [-0.05, 0) is 6.07 Å². The van der Waals surface area contributed by atoms with Gasteiger partial charge in [0.1, 0.15) is 12.0 Å². The van der Waals surface area contributed by atoms with Crippen LogP contribution in [0.3, 0.4) is 0 Å². The van der Waals surface area contributed by atoms with Crippen molar-refractivity contribution in [1.29, 1.82) is 5.26 Å². The lowest BCUT2D eigenvalue weighted by molar-refractivity contribution is 0.0926. The molecule has 1 heterocycles. The van der Waals surface area contributed by atoms with Gasteiger partial charge in [-0.3, -0.25) is 4.79 Å². The standard InChI is InChI=1S/C9H9N3O/c1-7(2-4-10)9(13)8-3-5-11-6-12-8/h3,5-7H,2H2,1H3. The Balaban J connectivity index is 2.75. The van der Waals surface area contributed by atoms with Crippen molar-refractivity contribution in [3.63, 3.8) is 0 Å². The molecule has 1 rings (SSSR count). The van der Waals surface area contributed by atoms with Gasteiger partial charge in [-0.25, -0.2) is 9.97 Å². The average Bonchev–Trinajstić information content (AvgIpc) is 2.18. The van der Waals surface area contributed by atoms with Crippen LogP contribution >= 0.6 is 0 Å². The molecule has 4 nitrogen and oxygen atoms in total. The summed E-state index contributed by atoms with van der Waals surface area (Å²) in [5, 5.41) is 8.40. The van der Waals surface area contributed by atoms with Crippen molar-refractivity contribution in [2.24, 2.45) is 5.92 Å². The first-order valence-electron chi connectivity index (χ1n) is 3.93. The molecule has 1 atom stereocenters. The number of hydrogen-bond donors (Lipinski definition) is 0. The van der Waals surface area contributed by atoms with Crippen LogP contribution < -0.4 is 0 Å². The van der Waals surface area contributed by atoms with Crippen LogP contribution in [0.25, 0.3) is 0 Å². The van der Waals surface area contributed by atoms with E-state index in [0.717, 1.165) is 0 Å². The van der Waals surface area contributed by atoms with Crippen LogP contribution in [0.1, 0.15) is 23.8 Å². The van der Waals surface area contributed by atoms with Gasteiger partial charge < -0.3 is 0 Å². The van der Waals surface area contributed by atoms with Crippen LogP contribution in [0.5, 0.6) is 0 Å². The van der Waals surface area contributed by atoms with Gasteiger partial charge in [-0.2, -0.15) is 5.26 Å². The van der Waals surface area contributed by atoms with E-state index in [1.807, 2.05) is 6.07 Å². The minimum Gasteiger partial charge on any atom is -0.292 e.